The quantitative estimate of drug-likeness (QED) is 0.0779. The number of aliphatic imine (C=N–C) groups is 1. The molecule has 0 aromatic carbocycles. The summed E-state index contributed by atoms with van der Waals surface area (Å²) in [5.41, 5.74) is 1.26. The molecule has 2 aliphatic carbocycles. The molecule has 1 unspecified atom stereocenters. The van der Waals surface area contributed by atoms with Crippen LogP contribution in [0.25, 0.3) is 0 Å². The largest absolute Gasteiger partial charge is 0.478 e. The molecule has 0 heterocycles. The summed E-state index contributed by atoms with van der Waals surface area (Å²) in [6, 6.07) is 0. The summed E-state index contributed by atoms with van der Waals surface area (Å²) in [5, 5.41) is 22.7. The molecule has 9 heteroatoms. The van der Waals surface area contributed by atoms with Crippen molar-refractivity contribution in [2.45, 2.75) is 33.1 Å². The van der Waals surface area contributed by atoms with Gasteiger partial charge in [0.15, 0.2) is 0 Å². The third-order valence-electron chi connectivity index (χ3n) is 5.42. The number of aliphatic hydroxyl groups is 1. The lowest BCUT2D eigenvalue weighted by atomic mass is 10.0. The number of aliphatic carboxylic acids is 1. The van der Waals surface area contributed by atoms with Gasteiger partial charge in [0.1, 0.15) is 24.8 Å². The fraction of sp³-hybridized carbons (Fsp3) is 0.323. The molecule has 0 saturated heterocycles. The van der Waals surface area contributed by atoms with Crippen LogP contribution in [-0.4, -0.2) is 59.7 Å². The van der Waals surface area contributed by atoms with Crippen molar-refractivity contribution in [1.29, 1.82) is 0 Å². The Morgan fingerprint density at radius 3 is 2.55 bits per heavy atom. The number of ether oxygens (including phenoxy) is 1. The van der Waals surface area contributed by atoms with E-state index in [0.29, 0.717) is 30.3 Å². The van der Waals surface area contributed by atoms with Crippen LogP contribution in [0.4, 0.5) is 0 Å². The summed E-state index contributed by atoms with van der Waals surface area (Å²) in [6.45, 7) is 12.1. The lowest BCUT2D eigenvalue weighted by molar-refractivity contribution is -0.131. The molecular formula is C31H42N4O5. The van der Waals surface area contributed by atoms with E-state index in [2.05, 4.69) is 72.2 Å². The molecule has 0 bridgehead atoms. The first-order valence-electron chi connectivity index (χ1n) is 13.2. The van der Waals surface area contributed by atoms with Crippen molar-refractivity contribution in [3.05, 3.63) is 109 Å². The molecule has 2 aliphatic rings. The predicted molar refractivity (Wildman–Crippen MR) is 161 cm³/mol. The van der Waals surface area contributed by atoms with Crippen LogP contribution in [-0.2, 0) is 14.3 Å². The Morgan fingerprint density at radius 1 is 1.20 bits per heavy atom. The molecule has 40 heavy (non-hydrogen) atoms. The van der Waals surface area contributed by atoms with Crippen LogP contribution in [0.15, 0.2) is 114 Å². The van der Waals surface area contributed by atoms with Gasteiger partial charge in [-0.15, -0.1) is 0 Å². The number of carbonyl (C=O) groups excluding carboxylic acids is 1. The normalized spacial score (nSPS) is 16.7. The molecule has 1 atom stereocenters. The maximum Gasteiger partial charge on any atom is 0.328 e. The Hall–Kier alpha value is -4.37. The number of carboxylic acid groups (broad SMARTS) is 1. The van der Waals surface area contributed by atoms with Gasteiger partial charge in [0.2, 0.25) is 5.91 Å². The highest BCUT2D eigenvalue weighted by molar-refractivity contribution is 5.80. The van der Waals surface area contributed by atoms with Gasteiger partial charge in [-0.05, 0) is 68.1 Å². The van der Waals surface area contributed by atoms with Crippen LogP contribution >= 0.6 is 0 Å². The number of likely N-dealkylation sites (N-methyl/N-ethyl adjacent to an activating group) is 1. The van der Waals surface area contributed by atoms with Crippen molar-refractivity contribution in [1.82, 2.24) is 15.5 Å². The maximum absolute atomic E-state index is 12.1. The maximum atomic E-state index is 12.1. The Kier molecular flexibility index (Phi) is 17.3. The number of nitrogens with one attached hydrogen (secondary N) is 2. The molecule has 0 aliphatic heterocycles. The van der Waals surface area contributed by atoms with Gasteiger partial charge in [0.05, 0.1) is 12.0 Å². The van der Waals surface area contributed by atoms with Crippen LogP contribution < -0.4 is 10.6 Å². The lowest BCUT2D eigenvalue weighted by Gasteiger charge is -2.20. The van der Waals surface area contributed by atoms with Crippen molar-refractivity contribution in [2.75, 3.05) is 26.4 Å². The molecule has 0 saturated carbocycles. The summed E-state index contributed by atoms with van der Waals surface area (Å²) in [4.78, 5) is 28.1. The van der Waals surface area contributed by atoms with E-state index in [1.165, 1.54) is 18.5 Å². The average molecular weight is 551 g/mol. The fourth-order valence-electron chi connectivity index (χ4n) is 3.27. The first-order valence-corrected chi connectivity index (χ1v) is 13.2. The molecule has 216 valence electrons. The van der Waals surface area contributed by atoms with E-state index in [-0.39, 0.29) is 19.2 Å². The lowest BCUT2D eigenvalue weighted by Crippen LogP contribution is -2.34. The molecule has 0 aromatic heterocycles. The monoisotopic (exact) mass is 550 g/mol. The first-order chi connectivity index (χ1) is 19.3. The number of carboxylic acids is 1. The second-order valence-electron chi connectivity index (χ2n) is 8.76. The number of carbonyl (C=O) groups is 2. The van der Waals surface area contributed by atoms with Gasteiger partial charge in [-0.25, -0.2) is 4.79 Å². The zero-order valence-electron chi connectivity index (χ0n) is 23.5. The zero-order valence-corrected chi connectivity index (χ0v) is 23.5. The first kappa shape index (κ1) is 33.7. The van der Waals surface area contributed by atoms with E-state index in [1.54, 1.807) is 23.3 Å². The van der Waals surface area contributed by atoms with Gasteiger partial charge in [-0.3, -0.25) is 9.79 Å². The smallest absolute Gasteiger partial charge is 0.328 e. The minimum atomic E-state index is -1.03. The highest BCUT2D eigenvalue weighted by Gasteiger charge is 2.10. The molecule has 0 aromatic rings. The van der Waals surface area contributed by atoms with Gasteiger partial charge >= 0.3 is 5.97 Å². The third kappa shape index (κ3) is 15.8. The second kappa shape index (κ2) is 20.6. The van der Waals surface area contributed by atoms with Crippen molar-refractivity contribution < 1.29 is 24.5 Å². The van der Waals surface area contributed by atoms with Gasteiger partial charge in [0, 0.05) is 25.4 Å². The standard InChI is InChI=1S/C18H26N4O4.C13H16O/c1-4-16(21-14-23)10-19-13-20-11-17(24)22(5-2)12-15(3)8-6-7-9-18(25)26;1-11-7-9-13(10-8-11)14-12-5-3-2-4-6-12/h4,6-10,13,21,23H,1,3,5,11-12,14H2,2H3,(H,19,20)(H,25,26);3,5-7,9-11H,2,4,8H2,1H3/b8-6-,9-7+,16-10+;. The average Bonchev–Trinajstić information content (AvgIpc) is 2.95. The van der Waals surface area contributed by atoms with Gasteiger partial charge < -0.3 is 30.5 Å². The molecule has 9 nitrogen and oxygen atoms in total. The number of aliphatic hydroxyl groups excluding tert-OH is 1. The summed E-state index contributed by atoms with van der Waals surface area (Å²) in [6.07, 6.45) is 26.1. The second-order valence-corrected chi connectivity index (χ2v) is 8.76. The number of allylic oxidation sites excluding steroid dienone is 9. The summed E-state index contributed by atoms with van der Waals surface area (Å²) in [5.74, 6) is 1.43. The highest BCUT2D eigenvalue weighted by Crippen LogP contribution is 2.21. The number of amides is 1. The molecule has 4 N–H and O–H groups in total. The van der Waals surface area contributed by atoms with Gasteiger partial charge in [-0.2, -0.15) is 0 Å². The van der Waals surface area contributed by atoms with Crippen LogP contribution in [0.3, 0.4) is 0 Å². The molecule has 0 fully saturated rings. The predicted octanol–water partition coefficient (Wildman–Crippen LogP) is 4.49. The Bertz CT molecular complexity index is 1090. The van der Waals surface area contributed by atoms with Crippen LogP contribution in [0, 0.1) is 5.92 Å². The van der Waals surface area contributed by atoms with Crippen LogP contribution in [0.1, 0.15) is 33.1 Å². The van der Waals surface area contributed by atoms with E-state index in [4.69, 9.17) is 14.9 Å². The number of hydrogen-bond donors (Lipinski definition) is 4. The zero-order chi connectivity index (χ0) is 29.6. The van der Waals surface area contributed by atoms with E-state index < -0.39 is 5.97 Å². The molecule has 0 radical (unpaired) electrons. The van der Waals surface area contributed by atoms with Crippen molar-refractivity contribution in [3.8, 4) is 0 Å². The molecule has 0 spiro atoms. The fourth-order valence-corrected chi connectivity index (χ4v) is 3.27. The van der Waals surface area contributed by atoms with Crippen molar-refractivity contribution >= 4 is 18.2 Å². The van der Waals surface area contributed by atoms with E-state index >= 15 is 0 Å². The number of nitrogens with zero attached hydrogens (tertiary/aromatic N) is 2. The minimum absolute atomic E-state index is 0.0263. The summed E-state index contributed by atoms with van der Waals surface area (Å²) < 4.78 is 5.73. The Morgan fingerprint density at radius 2 is 1.95 bits per heavy atom. The number of rotatable bonds is 15. The number of hydrogen-bond acceptors (Lipinski definition) is 6. The third-order valence-corrected chi connectivity index (χ3v) is 5.42. The van der Waals surface area contributed by atoms with Crippen LogP contribution in [0.2, 0.25) is 0 Å². The van der Waals surface area contributed by atoms with Crippen molar-refractivity contribution in [3.63, 3.8) is 0 Å². The molecule has 2 rings (SSSR count). The SMILES string of the molecule is C=C/C(=C\NC=NCC(=O)N(CC)CC(=C)/C=C\C=C\C(=O)O)NCO.CC1C=CC(OC2=CCCC=C2)=CC1. The van der Waals surface area contributed by atoms with Crippen LogP contribution in [0.5, 0.6) is 0 Å². The topological polar surface area (TPSA) is 123 Å². The molecule has 1 amide bonds. The van der Waals surface area contributed by atoms with E-state index in [0.717, 1.165) is 36.9 Å². The Labute approximate surface area is 237 Å². The van der Waals surface area contributed by atoms with E-state index in [9.17, 15) is 9.59 Å². The highest BCUT2D eigenvalue weighted by atomic mass is 16.5. The van der Waals surface area contributed by atoms with Gasteiger partial charge in [-0.1, -0.05) is 50.5 Å². The van der Waals surface area contributed by atoms with Gasteiger partial charge in [0.25, 0.3) is 0 Å². The summed E-state index contributed by atoms with van der Waals surface area (Å²) in [7, 11) is 0. The summed E-state index contributed by atoms with van der Waals surface area (Å²) >= 11 is 0. The van der Waals surface area contributed by atoms with E-state index in [1.807, 2.05) is 6.92 Å². The minimum Gasteiger partial charge on any atom is -0.478 e. The van der Waals surface area contributed by atoms with Crippen molar-refractivity contribution in [2.24, 2.45) is 10.9 Å². The Balaban J connectivity index is 0.000000473. The molecular weight excluding hydrogens is 508 g/mol.